The molecule has 0 fully saturated rings. The Kier molecular flexibility index (Phi) is 11.5. The largest absolute Gasteiger partial charge is 0.391 e. The van der Waals surface area contributed by atoms with E-state index < -0.39 is 11.9 Å². The number of hydrogen-bond acceptors (Lipinski definition) is 5. The molecule has 0 aromatic rings. The van der Waals surface area contributed by atoms with Crippen molar-refractivity contribution in [3.05, 3.63) is 0 Å². The highest BCUT2D eigenvalue weighted by molar-refractivity contribution is 4.75. The Hall–Kier alpha value is -0.200. The maximum Gasteiger partial charge on any atom is 0.218 e. The molecule has 0 saturated carbocycles. The van der Waals surface area contributed by atoms with Crippen LogP contribution in [0.2, 0.25) is 0 Å². The van der Waals surface area contributed by atoms with Crippen molar-refractivity contribution in [1.29, 1.82) is 0 Å². The van der Waals surface area contributed by atoms with E-state index in [0.29, 0.717) is 26.4 Å². The third-order valence-corrected chi connectivity index (χ3v) is 2.92. The average molecular weight is 278 g/mol. The molecule has 0 aliphatic rings. The lowest BCUT2D eigenvalue weighted by atomic mass is 10.1. The van der Waals surface area contributed by atoms with Gasteiger partial charge in [-0.2, -0.15) is 0 Å². The van der Waals surface area contributed by atoms with Crippen LogP contribution in [0.1, 0.15) is 46.5 Å². The molecule has 2 atom stereocenters. The Morgan fingerprint density at radius 2 is 1.53 bits per heavy atom. The summed E-state index contributed by atoms with van der Waals surface area (Å²) in [5, 5.41) is 19.2. The number of aliphatic hydroxyl groups excluding tert-OH is 2. The number of hydrogen-bond donors (Lipinski definition) is 2. The van der Waals surface area contributed by atoms with Gasteiger partial charge in [-0.05, 0) is 19.8 Å². The number of aliphatic hydroxyl groups is 2. The predicted octanol–water partition coefficient (Wildman–Crippen LogP) is 1.71. The SMILES string of the molecule is CCCCOCCOC(CO)(OCCCC)C(C)O. The van der Waals surface area contributed by atoms with Crippen molar-refractivity contribution >= 4 is 0 Å². The van der Waals surface area contributed by atoms with E-state index in [2.05, 4.69) is 13.8 Å². The summed E-state index contributed by atoms with van der Waals surface area (Å²) in [5.74, 6) is -1.33. The minimum atomic E-state index is -1.33. The summed E-state index contributed by atoms with van der Waals surface area (Å²) in [6, 6.07) is 0. The molecule has 5 nitrogen and oxygen atoms in total. The molecular weight excluding hydrogens is 248 g/mol. The maximum absolute atomic E-state index is 9.75. The van der Waals surface area contributed by atoms with E-state index in [1.54, 1.807) is 6.92 Å². The van der Waals surface area contributed by atoms with Gasteiger partial charge in [0.25, 0.3) is 0 Å². The monoisotopic (exact) mass is 278 g/mol. The lowest BCUT2D eigenvalue weighted by molar-refractivity contribution is -0.297. The van der Waals surface area contributed by atoms with Gasteiger partial charge in [0, 0.05) is 6.61 Å². The normalized spacial score (nSPS) is 16.3. The van der Waals surface area contributed by atoms with Gasteiger partial charge < -0.3 is 24.4 Å². The Morgan fingerprint density at radius 1 is 0.947 bits per heavy atom. The lowest BCUT2D eigenvalue weighted by Gasteiger charge is -2.34. The smallest absolute Gasteiger partial charge is 0.218 e. The third kappa shape index (κ3) is 7.84. The maximum atomic E-state index is 9.75. The standard InChI is InChI=1S/C14H30O5/c1-4-6-8-17-10-11-19-14(12-15,13(3)16)18-9-7-5-2/h13,15-16H,4-12H2,1-3H3. The zero-order chi connectivity index (χ0) is 14.6. The van der Waals surface area contributed by atoms with Crippen molar-refractivity contribution in [3.63, 3.8) is 0 Å². The van der Waals surface area contributed by atoms with Gasteiger partial charge in [0.05, 0.1) is 26.4 Å². The molecule has 0 saturated heterocycles. The van der Waals surface area contributed by atoms with Crippen LogP contribution in [0, 0.1) is 0 Å². The van der Waals surface area contributed by atoms with E-state index in [9.17, 15) is 10.2 Å². The van der Waals surface area contributed by atoms with Gasteiger partial charge >= 0.3 is 0 Å². The first kappa shape index (κ1) is 18.8. The molecular formula is C14H30O5. The second kappa shape index (κ2) is 11.6. The van der Waals surface area contributed by atoms with Gasteiger partial charge in [-0.25, -0.2) is 0 Å². The fourth-order valence-electron chi connectivity index (χ4n) is 1.52. The zero-order valence-corrected chi connectivity index (χ0v) is 12.6. The van der Waals surface area contributed by atoms with Crippen molar-refractivity contribution in [1.82, 2.24) is 0 Å². The quantitative estimate of drug-likeness (QED) is 0.396. The summed E-state index contributed by atoms with van der Waals surface area (Å²) in [6.07, 6.45) is 3.07. The van der Waals surface area contributed by atoms with Crippen LogP contribution in [0.4, 0.5) is 0 Å². The molecule has 0 bridgehead atoms. The number of ether oxygens (including phenoxy) is 3. The van der Waals surface area contributed by atoms with Crippen LogP contribution in [0.25, 0.3) is 0 Å². The highest BCUT2D eigenvalue weighted by atomic mass is 16.7. The van der Waals surface area contributed by atoms with Crippen LogP contribution >= 0.6 is 0 Å². The van der Waals surface area contributed by atoms with Crippen LogP contribution in [-0.4, -0.2) is 55.1 Å². The lowest BCUT2D eigenvalue weighted by Crippen LogP contribution is -2.50. The molecule has 5 heteroatoms. The Morgan fingerprint density at radius 3 is 2.05 bits per heavy atom. The van der Waals surface area contributed by atoms with Crippen LogP contribution in [-0.2, 0) is 14.2 Å². The second-order valence-corrected chi connectivity index (χ2v) is 4.66. The highest BCUT2D eigenvalue weighted by Gasteiger charge is 2.37. The van der Waals surface area contributed by atoms with Crippen LogP contribution in [0.15, 0.2) is 0 Å². The molecule has 2 N–H and O–H groups in total. The number of rotatable bonds is 13. The molecule has 0 radical (unpaired) electrons. The summed E-state index contributed by atoms with van der Waals surface area (Å²) >= 11 is 0. The van der Waals surface area contributed by atoms with Crippen molar-refractivity contribution in [2.24, 2.45) is 0 Å². The molecule has 0 spiro atoms. The van der Waals surface area contributed by atoms with Crippen LogP contribution in [0.5, 0.6) is 0 Å². The third-order valence-electron chi connectivity index (χ3n) is 2.92. The first-order chi connectivity index (χ1) is 9.13. The zero-order valence-electron chi connectivity index (χ0n) is 12.6. The predicted molar refractivity (Wildman–Crippen MR) is 74.0 cm³/mol. The average Bonchev–Trinajstić information content (AvgIpc) is 2.40. The Bertz CT molecular complexity index is 198. The van der Waals surface area contributed by atoms with E-state index in [4.69, 9.17) is 14.2 Å². The minimum Gasteiger partial charge on any atom is -0.391 e. The first-order valence-corrected chi connectivity index (χ1v) is 7.27. The van der Waals surface area contributed by atoms with E-state index >= 15 is 0 Å². The summed E-state index contributed by atoms with van der Waals surface area (Å²) in [4.78, 5) is 0. The molecule has 0 aromatic carbocycles. The van der Waals surface area contributed by atoms with Crippen molar-refractivity contribution in [2.45, 2.75) is 58.3 Å². The molecule has 116 valence electrons. The van der Waals surface area contributed by atoms with Gasteiger partial charge in [-0.3, -0.25) is 0 Å². The molecule has 19 heavy (non-hydrogen) atoms. The molecule has 0 amide bonds. The van der Waals surface area contributed by atoms with Crippen molar-refractivity contribution in [2.75, 3.05) is 33.0 Å². The summed E-state index contributed by atoms with van der Waals surface area (Å²) in [5.41, 5.74) is 0. The van der Waals surface area contributed by atoms with Gasteiger partial charge in [-0.15, -0.1) is 0 Å². The molecule has 0 aliphatic carbocycles. The molecule has 2 unspecified atom stereocenters. The van der Waals surface area contributed by atoms with E-state index in [1.165, 1.54) is 0 Å². The molecule has 0 aliphatic heterocycles. The van der Waals surface area contributed by atoms with Gasteiger partial charge in [0.15, 0.2) is 0 Å². The highest BCUT2D eigenvalue weighted by Crippen LogP contribution is 2.18. The van der Waals surface area contributed by atoms with Crippen molar-refractivity contribution in [3.8, 4) is 0 Å². The second-order valence-electron chi connectivity index (χ2n) is 4.66. The van der Waals surface area contributed by atoms with Crippen LogP contribution in [0.3, 0.4) is 0 Å². The number of unbranched alkanes of at least 4 members (excludes halogenated alkanes) is 2. The molecule has 0 aromatic heterocycles. The fourth-order valence-corrected chi connectivity index (χ4v) is 1.52. The van der Waals surface area contributed by atoms with Crippen molar-refractivity contribution < 1.29 is 24.4 Å². The van der Waals surface area contributed by atoms with Crippen LogP contribution < -0.4 is 0 Å². The molecule has 0 rings (SSSR count). The Labute approximate surface area is 116 Å². The summed E-state index contributed by atoms with van der Waals surface area (Å²) in [6.45, 7) is 7.23. The topological polar surface area (TPSA) is 68.2 Å². The van der Waals surface area contributed by atoms with Gasteiger partial charge in [0.2, 0.25) is 5.79 Å². The van der Waals surface area contributed by atoms with Gasteiger partial charge in [-0.1, -0.05) is 26.7 Å². The van der Waals surface area contributed by atoms with E-state index in [0.717, 1.165) is 25.7 Å². The van der Waals surface area contributed by atoms with E-state index in [1.807, 2.05) is 0 Å². The summed E-state index contributed by atoms with van der Waals surface area (Å²) in [7, 11) is 0. The first-order valence-electron chi connectivity index (χ1n) is 7.27. The summed E-state index contributed by atoms with van der Waals surface area (Å²) < 4.78 is 16.4. The Balaban J connectivity index is 4.04. The van der Waals surface area contributed by atoms with E-state index in [-0.39, 0.29) is 6.61 Å². The fraction of sp³-hybridized carbons (Fsp3) is 1.00. The minimum absolute atomic E-state index is 0.293. The molecule has 0 heterocycles. The van der Waals surface area contributed by atoms with Gasteiger partial charge in [0.1, 0.15) is 6.10 Å².